The first-order valence-corrected chi connectivity index (χ1v) is 28.6. The number of amides is 2. The third kappa shape index (κ3) is 22.5. The van der Waals surface area contributed by atoms with Crippen molar-refractivity contribution in [3.63, 3.8) is 0 Å². The van der Waals surface area contributed by atoms with Crippen LogP contribution in [-0.4, -0.2) is 119 Å². The predicted octanol–water partition coefficient (Wildman–Crippen LogP) is 9.65. The molecule has 1 aliphatic heterocycles. The maximum atomic E-state index is 14.5. The van der Waals surface area contributed by atoms with Crippen molar-refractivity contribution in [3.05, 3.63) is 52.0 Å². The Balaban J connectivity index is 0.0000163. The summed E-state index contributed by atoms with van der Waals surface area (Å²) < 4.78 is 10.1. The second-order valence-corrected chi connectivity index (χ2v) is 22.9. The summed E-state index contributed by atoms with van der Waals surface area (Å²) in [5.74, 6) is 0.489. The number of hydrogen-bond acceptors (Lipinski definition) is 14. The minimum atomic E-state index is -0.597. The normalized spacial score (nSPS) is 17.1. The van der Waals surface area contributed by atoms with Crippen LogP contribution in [-0.2, 0) is 67.8 Å². The van der Waals surface area contributed by atoms with E-state index in [4.69, 9.17) is 15.5 Å². The van der Waals surface area contributed by atoms with E-state index in [-0.39, 0.29) is 129 Å². The molecule has 8 atom stereocenters. The third-order valence-corrected chi connectivity index (χ3v) is 16.8. The van der Waals surface area contributed by atoms with Crippen molar-refractivity contribution in [1.29, 1.82) is 0 Å². The molecule has 1 aromatic carbocycles. The zero-order valence-electron chi connectivity index (χ0n) is 42.6. The largest absolute Gasteiger partial charge is 0.371 e. The molecule has 1 saturated heterocycles. The first-order chi connectivity index (χ1) is 32.5. The van der Waals surface area contributed by atoms with E-state index in [9.17, 15) is 28.8 Å². The van der Waals surface area contributed by atoms with Gasteiger partial charge in [-0.1, -0.05) is 106 Å². The van der Waals surface area contributed by atoms with Gasteiger partial charge in [-0.15, -0.1) is 11.3 Å². The first kappa shape index (κ1) is 63.4. The average Bonchev–Trinajstić information content (AvgIpc) is 3.82. The minimum Gasteiger partial charge on any atom is -0.371 e. The molecular formula is C51H81N6O7PS3Y. The van der Waals surface area contributed by atoms with Gasteiger partial charge in [0.05, 0.1) is 12.1 Å². The van der Waals surface area contributed by atoms with E-state index in [0.29, 0.717) is 62.3 Å². The molecule has 1 radical (unpaired) electrons. The number of rotatable bonds is 35. The number of nitrogens with two attached hydrogens (primary N) is 1. The van der Waals surface area contributed by atoms with Gasteiger partial charge in [-0.2, -0.15) is 0 Å². The number of carbonyl (C=O) groups excluding carboxylic acids is 6. The van der Waals surface area contributed by atoms with Gasteiger partial charge in [0.1, 0.15) is 34.9 Å². The zero-order valence-corrected chi connectivity index (χ0v) is 48.9. The Kier molecular flexibility index (Phi) is 31.8. The topological polar surface area (TPSA) is 181 Å². The quantitative estimate of drug-likeness (QED) is 0.0380. The number of carbonyl (C=O) groups is 6. The maximum absolute atomic E-state index is 14.5. The van der Waals surface area contributed by atoms with E-state index < -0.39 is 18.1 Å². The number of nitrogens with one attached hydrogen (secondary N) is 1. The van der Waals surface area contributed by atoms with Crippen LogP contribution in [0.2, 0.25) is 0 Å². The van der Waals surface area contributed by atoms with Gasteiger partial charge in [-0.3, -0.25) is 38.4 Å². The fraction of sp³-hybridized carbons (Fsp3) is 0.706. The molecule has 3 N–H and O–H groups in total. The Morgan fingerprint density at radius 3 is 2.36 bits per heavy atom. The van der Waals surface area contributed by atoms with Crippen LogP contribution >= 0.6 is 42.0 Å². The monoisotopic (exact) mass is 1110 g/mol. The molecule has 1 unspecified atom stereocenters. The van der Waals surface area contributed by atoms with Crippen LogP contribution in [0.5, 0.6) is 0 Å². The summed E-state index contributed by atoms with van der Waals surface area (Å²) >= 11 is 1.38. The molecule has 1 fully saturated rings. The molecule has 0 aliphatic carbocycles. The van der Waals surface area contributed by atoms with E-state index >= 15 is 0 Å². The van der Waals surface area contributed by atoms with Crippen molar-refractivity contribution in [2.24, 2.45) is 34.2 Å². The van der Waals surface area contributed by atoms with E-state index in [2.05, 4.69) is 51.7 Å². The zero-order chi connectivity index (χ0) is 50.2. The Morgan fingerprint density at radius 1 is 1.00 bits per heavy atom. The number of benzene rings is 1. The molecule has 18 heteroatoms. The molecule has 2 aromatic rings. The second kappa shape index (κ2) is 34.6. The van der Waals surface area contributed by atoms with E-state index in [1.165, 1.54) is 22.1 Å². The van der Waals surface area contributed by atoms with Crippen molar-refractivity contribution >= 4 is 76.9 Å². The molecule has 0 saturated carbocycles. The van der Waals surface area contributed by atoms with Crippen LogP contribution < -0.4 is 11.1 Å². The standard InChI is InChI=1S/C51H81N6O7PS3.Y/c1-9-25-64-48(30-44(34(3)4)57(8)51(63)40(35(5)10-2)29-47(61)43-21-14-15-24-56(43)7)50-55-42(33-66-50)49(62)54-38(28-37-18-12-11-13-19-37)27-36(6)45(59)23-17-26-67-68-32-41(52)46(60)22-16-20-39(58)31-53-65;/h11-13,18-19,33-36,38,40-41,43-44,48,65H,9-10,14-17,20-32,52H2,1-8H3,(H,54,62);/t35?,36-,38+,40-,41+,43+,44+,48+;/m0./s1. The smallest absolute Gasteiger partial charge is 0.270 e. The van der Waals surface area contributed by atoms with Crippen LogP contribution in [0.4, 0.5) is 0 Å². The number of thiazole rings is 1. The van der Waals surface area contributed by atoms with Crippen molar-refractivity contribution in [2.75, 3.05) is 45.3 Å². The number of likely N-dealkylation sites (N-methyl/N-ethyl adjacent to an activating group) is 1. The van der Waals surface area contributed by atoms with Gasteiger partial charge in [0, 0.05) is 119 Å². The SMILES string of the molecule is CCCO[C@H](C[C@H](C(C)C)N(C)C(=O)[C@@H](CC(=O)[C@H]1CCCCN1C)C(C)CC)c1nc(C(=O)N[C@@H](Cc2ccccc2)C[C@H](C)C(=O)CCCSSC[C@@H](N)C(=O)CCCC(=O)CN=P)cs1.[Y]. The van der Waals surface area contributed by atoms with Crippen LogP contribution in [0.1, 0.15) is 152 Å². The summed E-state index contributed by atoms with van der Waals surface area (Å²) in [6.07, 6.45) is 7.95. The number of Topliss-reactive ketones (excluding diaryl/α,β-unsaturated/α-hetero) is 4. The molecule has 69 heavy (non-hydrogen) atoms. The summed E-state index contributed by atoms with van der Waals surface area (Å²) in [6, 6.07) is 8.66. The summed E-state index contributed by atoms with van der Waals surface area (Å²) in [7, 11) is 9.92. The van der Waals surface area contributed by atoms with Gasteiger partial charge in [0.25, 0.3) is 5.91 Å². The fourth-order valence-electron chi connectivity index (χ4n) is 8.76. The Morgan fingerprint density at radius 2 is 1.71 bits per heavy atom. The Bertz CT molecular complexity index is 1900. The van der Waals surface area contributed by atoms with Crippen molar-refractivity contribution in [2.45, 2.75) is 162 Å². The molecule has 0 bridgehead atoms. The van der Waals surface area contributed by atoms with Crippen molar-refractivity contribution in [3.8, 4) is 0 Å². The summed E-state index contributed by atoms with van der Waals surface area (Å²) in [5.41, 5.74) is 7.42. The van der Waals surface area contributed by atoms with Gasteiger partial charge in [-0.25, -0.2) is 4.98 Å². The van der Waals surface area contributed by atoms with Gasteiger partial charge < -0.3 is 20.7 Å². The number of ether oxygens (including phenoxy) is 1. The van der Waals surface area contributed by atoms with E-state index in [1.807, 2.05) is 63.2 Å². The number of hydrogen-bond donors (Lipinski definition) is 2. The van der Waals surface area contributed by atoms with Gasteiger partial charge >= 0.3 is 0 Å². The number of ketones is 4. The molecule has 383 valence electrons. The van der Waals surface area contributed by atoms with Crippen LogP contribution in [0.3, 0.4) is 0 Å². The predicted molar refractivity (Wildman–Crippen MR) is 282 cm³/mol. The molecule has 13 nitrogen and oxygen atoms in total. The van der Waals surface area contributed by atoms with Gasteiger partial charge in [-0.05, 0) is 85.0 Å². The molecule has 1 aromatic heterocycles. The average molecular weight is 1110 g/mol. The Hall–Kier alpha value is -1.75. The number of likely N-dealkylation sites (tertiary alicyclic amines) is 1. The Labute approximate surface area is 452 Å². The van der Waals surface area contributed by atoms with Gasteiger partial charge in [0.15, 0.2) is 11.6 Å². The molecule has 1 aliphatic rings. The van der Waals surface area contributed by atoms with Gasteiger partial charge in [0.2, 0.25) is 5.91 Å². The maximum Gasteiger partial charge on any atom is 0.270 e. The number of nitrogens with zero attached hydrogens (tertiary/aromatic N) is 4. The molecule has 2 heterocycles. The molecular weight excluding hydrogens is 1020 g/mol. The van der Waals surface area contributed by atoms with E-state index in [1.54, 1.807) is 16.2 Å². The second-order valence-electron chi connectivity index (χ2n) is 19.0. The molecule has 2 amide bonds. The third-order valence-electron chi connectivity index (χ3n) is 13.2. The summed E-state index contributed by atoms with van der Waals surface area (Å²) in [4.78, 5) is 88.4. The molecule has 0 spiro atoms. The molecule has 3 rings (SSSR count). The van der Waals surface area contributed by atoms with Crippen LogP contribution in [0.15, 0.2) is 40.5 Å². The van der Waals surface area contributed by atoms with Crippen LogP contribution in [0.25, 0.3) is 0 Å². The van der Waals surface area contributed by atoms with Crippen molar-refractivity contribution < 1.29 is 66.2 Å². The minimum absolute atomic E-state index is 0. The number of aromatic nitrogens is 1. The van der Waals surface area contributed by atoms with Crippen LogP contribution in [0, 0.1) is 23.7 Å². The van der Waals surface area contributed by atoms with Crippen molar-refractivity contribution in [1.82, 2.24) is 20.1 Å². The van der Waals surface area contributed by atoms with E-state index in [0.717, 1.165) is 50.0 Å². The fourth-order valence-corrected chi connectivity index (χ4v) is 12.0. The summed E-state index contributed by atoms with van der Waals surface area (Å²) in [6.45, 7) is 13.8. The summed E-state index contributed by atoms with van der Waals surface area (Å²) in [5, 5.41) is 5.64. The first-order valence-electron chi connectivity index (χ1n) is 24.8. The number of piperidine rings is 1.